The maximum Gasteiger partial charge on any atom is 0.146 e. The van der Waals surface area contributed by atoms with E-state index in [1.807, 2.05) is 115 Å². The first-order chi connectivity index (χ1) is 24.0. The average molecular weight is 694 g/mol. The van der Waals surface area contributed by atoms with Crippen LogP contribution in [-0.4, -0.2) is 29.5 Å². The Morgan fingerprint density at radius 1 is 0.694 bits per heavy atom. The zero-order chi connectivity index (χ0) is 33.8. The molecule has 49 heavy (non-hydrogen) atoms. The molecule has 0 fully saturated rings. The van der Waals surface area contributed by atoms with Gasteiger partial charge in [0.25, 0.3) is 0 Å². The molecule has 4 heterocycles. The Labute approximate surface area is 294 Å². The van der Waals surface area contributed by atoms with Crippen LogP contribution in [0.1, 0.15) is 22.4 Å². The van der Waals surface area contributed by atoms with E-state index in [4.69, 9.17) is 42.4 Å². The SMILES string of the molecule is Cc1cc(-c2ccnn2COCc2ccccc2)c2cccc(OCc3c(Cl)cncc3Cl)c2n1.c1ccc(COCn2cccn2)cc1. The molecule has 0 spiro atoms. The van der Waals surface area contributed by atoms with E-state index in [1.165, 1.54) is 5.56 Å². The zero-order valence-electron chi connectivity index (χ0n) is 26.8. The Kier molecular flexibility index (Phi) is 11.6. The highest BCUT2D eigenvalue weighted by molar-refractivity contribution is 6.35. The fraction of sp³-hybridized carbons (Fsp3) is 0.158. The zero-order valence-corrected chi connectivity index (χ0v) is 28.3. The number of pyridine rings is 2. The summed E-state index contributed by atoms with van der Waals surface area (Å²) in [6, 6.07) is 31.9. The van der Waals surface area contributed by atoms with Crippen LogP contribution < -0.4 is 4.74 Å². The van der Waals surface area contributed by atoms with Gasteiger partial charge in [-0.2, -0.15) is 10.2 Å². The molecule has 0 N–H and O–H groups in total. The van der Waals surface area contributed by atoms with Crippen molar-refractivity contribution in [2.24, 2.45) is 0 Å². The van der Waals surface area contributed by atoms with Gasteiger partial charge in [-0.25, -0.2) is 14.3 Å². The second-order valence-electron chi connectivity index (χ2n) is 11.0. The number of fused-ring (bicyclic) bond motifs is 1. The molecule has 0 aliphatic carbocycles. The molecule has 9 nitrogen and oxygen atoms in total. The fourth-order valence-electron chi connectivity index (χ4n) is 5.10. The van der Waals surface area contributed by atoms with Crippen molar-refractivity contribution in [2.45, 2.75) is 40.2 Å². The summed E-state index contributed by atoms with van der Waals surface area (Å²) >= 11 is 12.5. The Morgan fingerprint density at radius 3 is 2.06 bits per heavy atom. The average Bonchev–Trinajstić information content (AvgIpc) is 3.82. The van der Waals surface area contributed by atoms with Crippen molar-refractivity contribution in [3.05, 3.63) is 160 Å². The molecule has 0 bridgehead atoms. The minimum Gasteiger partial charge on any atom is -0.487 e. The smallest absolute Gasteiger partial charge is 0.146 e. The van der Waals surface area contributed by atoms with Crippen LogP contribution in [0.3, 0.4) is 0 Å². The molecule has 0 saturated carbocycles. The van der Waals surface area contributed by atoms with Crippen molar-refractivity contribution in [1.29, 1.82) is 0 Å². The topological polar surface area (TPSA) is 89.1 Å². The predicted octanol–water partition coefficient (Wildman–Crippen LogP) is 8.92. The highest BCUT2D eigenvalue weighted by Crippen LogP contribution is 2.34. The molecule has 7 rings (SSSR count). The molecular weight excluding hydrogens is 659 g/mol. The highest BCUT2D eigenvalue weighted by Gasteiger charge is 2.15. The summed E-state index contributed by atoms with van der Waals surface area (Å²) in [5.41, 5.74) is 6.53. The van der Waals surface area contributed by atoms with Gasteiger partial charge in [-0.1, -0.05) is 96.0 Å². The van der Waals surface area contributed by atoms with Gasteiger partial charge in [0.2, 0.25) is 0 Å². The van der Waals surface area contributed by atoms with Gasteiger partial charge in [-0.05, 0) is 42.3 Å². The first-order valence-corrected chi connectivity index (χ1v) is 16.3. The normalized spacial score (nSPS) is 10.9. The van der Waals surface area contributed by atoms with Crippen LogP contribution in [0.15, 0.2) is 128 Å². The highest BCUT2D eigenvalue weighted by atomic mass is 35.5. The Bertz CT molecular complexity index is 2050. The number of aromatic nitrogens is 6. The van der Waals surface area contributed by atoms with Gasteiger partial charge in [0.15, 0.2) is 0 Å². The molecular formula is C38H34Cl2N6O3. The maximum atomic E-state index is 6.27. The molecule has 0 saturated heterocycles. The van der Waals surface area contributed by atoms with Gasteiger partial charge in [-0.15, -0.1) is 0 Å². The van der Waals surface area contributed by atoms with Gasteiger partial charge in [0, 0.05) is 53.2 Å². The number of hydrogen-bond donors (Lipinski definition) is 0. The third kappa shape index (κ3) is 9.10. The summed E-state index contributed by atoms with van der Waals surface area (Å²) in [7, 11) is 0. The number of nitrogens with zero attached hydrogens (tertiary/aromatic N) is 6. The van der Waals surface area contributed by atoms with Gasteiger partial charge >= 0.3 is 0 Å². The van der Waals surface area contributed by atoms with E-state index >= 15 is 0 Å². The molecule has 7 aromatic rings. The van der Waals surface area contributed by atoms with Gasteiger partial charge in [0.1, 0.15) is 31.3 Å². The van der Waals surface area contributed by atoms with E-state index in [-0.39, 0.29) is 6.61 Å². The van der Waals surface area contributed by atoms with E-state index in [0.29, 0.717) is 48.0 Å². The Balaban J connectivity index is 0.000000248. The lowest BCUT2D eigenvalue weighted by molar-refractivity contribution is 0.0561. The van der Waals surface area contributed by atoms with Crippen LogP contribution >= 0.6 is 23.2 Å². The van der Waals surface area contributed by atoms with Crippen LogP contribution in [0.25, 0.3) is 22.2 Å². The monoisotopic (exact) mass is 692 g/mol. The van der Waals surface area contributed by atoms with Crippen LogP contribution in [-0.2, 0) is 42.8 Å². The van der Waals surface area contributed by atoms with E-state index in [9.17, 15) is 0 Å². The van der Waals surface area contributed by atoms with Gasteiger partial charge < -0.3 is 14.2 Å². The van der Waals surface area contributed by atoms with Crippen molar-refractivity contribution in [3.63, 3.8) is 0 Å². The number of ether oxygens (including phenoxy) is 3. The van der Waals surface area contributed by atoms with Crippen molar-refractivity contribution in [3.8, 4) is 17.0 Å². The molecule has 248 valence electrons. The van der Waals surface area contributed by atoms with Crippen LogP contribution in [0.5, 0.6) is 5.75 Å². The first-order valence-electron chi connectivity index (χ1n) is 15.6. The summed E-state index contributed by atoms with van der Waals surface area (Å²) in [6.07, 6.45) is 8.50. The number of benzene rings is 3. The summed E-state index contributed by atoms with van der Waals surface area (Å²) in [5.74, 6) is 0.641. The van der Waals surface area contributed by atoms with Crippen LogP contribution in [0, 0.1) is 6.92 Å². The molecule has 4 aromatic heterocycles. The van der Waals surface area contributed by atoms with Crippen molar-refractivity contribution in [2.75, 3.05) is 0 Å². The van der Waals surface area contributed by atoms with Crippen LogP contribution in [0.2, 0.25) is 10.0 Å². The Hall–Kier alpha value is -5.06. The van der Waals surface area contributed by atoms with Crippen LogP contribution in [0.4, 0.5) is 0 Å². The van der Waals surface area contributed by atoms with Crippen molar-refractivity contribution in [1.82, 2.24) is 29.5 Å². The Morgan fingerprint density at radius 2 is 1.39 bits per heavy atom. The lowest BCUT2D eigenvalue weighted by atomic mass is 10.0. The number of aryl methyl sites for hydroxylation is 1. The first kappa shape index (κ1) is 33.8. The summed E-state index contributed by atoms with van der Waals surface area (Å²) in [6.45, 7) is 4.13. The van der Waals surface area contributed by atoms with E-state index in [1.54, 1.807) is 29.5 Å². The van der Waals surface area contributed by atoms with Gasteiger partial charge in [0.05, 0.1) is 29.0 Å². The molecule has 0 aliphatic rings. The minimum absolute atomic E-state index is 0.204. The van der Waals surface area contributed by atoms with E-state index in [2.05, 4.69) is 15.2 Å². The number of halogens is 2. The van der Waals surface area contributed by atoms with E-state index < -0.39 is 0 Å². The second-order valence-corrected chi connectivity index (χ2v) is 11.8. The van der Waals surface area contributed by atoms with Gasteiger partial charge in [-0.3, -0.25) is 4.98 Å². The lowest BCUT2D eigenvalue weighted by Gasteiger charge is -2.14. The lowest BCUT2D eigenvalue weighted by Crippen LogP contribution is -2.06. The molecule has 0 aliphatic heterocycles. The van der Waals surface area contributed by atoms with Crippen molar-refractivity contribution < 1.29 is 14.2 Å². The second kappa shape index (κ2) is 16.9. The molecule has 0 unspecified atom stereocenters. The standard InChI is InChI=1S/C27H22Cl2N4O2.C11H12N2O/c1-18-12-21(25-10-11-31-33(25)17-34-15-19-6-3-2-4-7-19)20-8-5-9-26(27(20)32-18)35-16-22-23(28)13-30-14-24(22)29;1-2-5-11(6-3-1)9-14-10-13-8-4-7-12-13/h2-14H,15-17H2,1H3;1-8H,9-10H2. The molecule has 11 heteroatoms. The summed E-state index contributed by atoms with van der Waals surface area (Å²) < 4.78 is 21.1. The third-order valence-electron chi connectivity index (χ3n) is 7.47. The molecule has 0 atom stereocenters. The fourth-order valence-corrected chi connectivity index (χ4v) is 5.57. The third-order valence-corrected chi connectivity index (χ3v) is 8.12. The minimum atomic E-state index is 0.204. The summed E-state index contributed by atoms with van der Waals surface area (Å²) in [5, 5.41) is 10.4. The molecule has 3 aromatic carbocycles. The number of hydrogen-bond acceptors (Lipinski definition) is 7. The largest absolute Gasteiger partial charge is 0.487 e. The number of rotatable bonds is 12. The predicted molar refractivity (Wildman–Crippen MR) is 191 cm³/mol. The van der Waals surface area contributed by atoms with Crippen molar-refractivity contribution >= 4 is 34.1 Å². The maximum absolute atomic E-state index is 6.27. The number of para-hydroxylation sites is 1. The van der Waals surface area contributed by atoms with E-state index in [0.717, 1.165) is 33.4 Å². The molecule has 0 amide bonds. The summed E-state index contributed by atoms with van der Waals surface area (Å²) in [4.78, 5) is 8.77. The molecule has 0 radical (unpaired) electrons. The quantitative estimate of drug-likeness (QED) is 0.126.